The van der Waals surface area contributed by atoms with Crippen LogP contribution in [-0.2, 0) is 6.54 Å². The molecule has 1 aliphatic heterocycles. The van der Waals surface area contributed by atoms with Gasteiger partial charge in [-0.1, -0.05) is 6.42 Å². The van der Waals surface area contributed by atoms with E-state index >= 15 is 0 Å². The number of nitrogens with zero attached hydrogens (tertiary/aromatic N) is 2. The number of likely N-dealkylation sites (tertiary alicyclic amines) is 1. The molecule has 0 amide bonds. The van der Waals surface area contributed by atoms with Crippen LogP contribution >= 0.6 is 0 Å². The summed E-state index contributed by atoms with van der Waals surface area (Å²) < 4.78 is 1.96. The first-order valence-corrected chi connectivity index (χ1v) is 6.80. The van der Waals surface area contributed by atoms with Crippen LogP contribution in [0.15, 0.2) is 17.1 Å². The first-order chi connectivity index (χ1) is 8.68. The minimum Gasteiger partial charge on any atom is -0.503 e. The van der Waals surface area contributed by atoms with Gasteiger partial charge in [-0.25, -0.2) is 0 Å². The van der Waals surface area contributed by atoms with Crippen LogP contribution in [0.3, 0.4) is 0 Å². The van der Waals surface area contributed by atoms with Gasteiger partial charge in [-0.3, -0.25) is 4.79 Å². The number of aromatic nitrogens is 1. The summed E-state index contributed by atoms with van der Waals surface area (Å²) in [6.45, 7) is 6.18. The summed E-state index contributed by atoms with van der Waals surface area (Å²) in [4.78, 5) is 13.7. The van der Waals surface area contributed by atoms with Gasteiger partial charge in [-0.05, 0) is 45.8 Å². The highest BCUT2D eigenvalue weighted by atomic mass is 16.3. The molecule has 1 aromatic rings. The van der Waals surface area contributed by atoms with Crippen LogP contribution in [0.2, 0.25) is 0 Å². The van der Waals surface area contributed by atoms with Crippen molar-refractivity contribution in [2.45, 2.75) is 39.2 Å². The van der Waals surface area contributed by atoms with Crippen molar-refractivity contribution in [3.63, 3.8) is 0 Å². The molecule has 4 nitrogen and oxygen atoms in total. The highest BCUT2D eigenvalue weighted by molar-refractivity contribution is 5.25. The average Bonchev–Trinajstić information content (AvgIpc) is 2.40. The molecular weight excluding hydrogens is 228 g/mol. The zero-order chi connectivity index (χ0) is 13.0. The Morgan fingerprint density at radius 2 is 1.94 bits per heavy atom. The van der Waals surface area contributed by atoms with Gasteiger partial charge >= 0.3 is 0 Å². The fraction of sp³-hybridized carbons (Fsp3) is 0.643. The Labute approximate surface area is 108 Å². The molecule has 1 aromatic heterocycles. The van der Waals surface area contributed by atoms with E-state index in [4.69, 9.17) is 0 Å². The fourth-order valence-corrected chi connectivity index (χ4v) is 2.55. The molecule has 18 heavy (non-hydrogen) atoms. The topological polar surface area (TPSA) is 45.5 Å². The van der Waals surface area contributed by atoms with Crippen molar-refractivity contribution in [1.82, 2.24) is 9.47 Å². The number of piperidine rings is 1. The monoisotopic (exact) mass is 250 g/mol. The molecule has 0 aromatic carbocycles. The van der Waals surface area contributed by atoms with Crippen LogP contribution < -0.4 is 5.43 Å². The quantitative estimate of drug-likeness (QED) is 0.885. The van der Waals surface area contributed by atoms with Crippen molar-refractivity contribution in [3.8, 4) is 5.75 Å². The second kappa shape index (κ2) is 6.05. The van der Waals surface area contributed by atoms with Gasteiger partial charge in [0.1, 0.15) is 0 Å². The molecule has 2 heterocycles. The smallest absolute Gasteiger partial charge is 0.223 e. The third kappa shape index (κ3) is 3.13. The third-order valence-corrected chi connectivity index (χ3v) is 3.73. The first kappa shape index (κ1) is 13.1. The molecule has 100 valence electrons. The Morgan fingerprint density at radius 3 is 2.67 bits per heavy atom. The lowest BCUT2D eigenvalue weighted by Crippen LogP contribution is -2.31. The molecule has 4 heteroatoms. The summed E-state index contributed by atoms with van der Waals surface area (Å²) in [5, 5.41) is 9.59. The van der Waals surface area contributed by atoms with Gasteiger partial charge in [0.15, 0.2) is 5.75 Å². The van der Waals surface area contributed by atoms with Crippen molar-refractivity contribution in [2.75, 3.05) is 19.6 Å². The van der Waals surface area contributed by atoms with Gasteiger partial charge in [0, 0.05) is 18.8 Å². The highest BCUT2D eigenvalue weighted by Crippen LogP contribution is 2.11. The van der Waals surface area contributed by atoms with Crippen LogP contribution in [0.5, 0.6) is 5.75 Å². The van der Waals surface area contributed by atoms with Gasteiger partial charge in [-0.15, -0.1) is 0 Å². The molecule has 1 N–H and O–H groups in total. The Balaban J connectivity index is 1.86. The van der Waals surface area contributed by atoms with Crippen molar-refractivity contribution < 1.29 is 5.11 Å². The molecule has 0 aliphatic carbocycles. The van der Waals surface area contributed by atoms with Gasteiger partial charge in [0.2, 0.25) is 5.43 Å². The van der Waals surface area contributed by atoms with E-state index in [1.54, 1.807) is 13.1 Å². The summed E-state index contributed by atoms with van der Waals surface area (Å²) in [7, 11) is 0. The predicted molar refractivity (Wildman–Crippen MR) is 72.0 cm³/mol. The summed E-state index contributed by atoms with van der Waals surface area (Å²) in [6, 6.07) is 1.43. The van der Waals surface area contributed by atoms with Gasteiger partial charge < -0.3 is 14.6 Å². The molecule has 1 aliphatic rings. The Kier molecular flexibility index (Phi) is 4.42. The van der Waals surface area contributed by atoms with E-state index in [1.807, 2.05) is 4.57 Å². The SMILES string of the molecule is Cc1c(O)c(=O)ccn1CCCN1CCCCC1. The normalized spacial score (nSPS) is 16.9. The standard InChI is InChI=1S/C14H22N2O2/c1-12-14(18)13(17)6-11-16(12)10-5-9-15-7-3-2-4-8-15/h6,11,18H,2-5,7-10H2,1H3. The summed E-state index contributed by atoms with van der Waals surface area (Å²) in [5.41, 5.74) is 0.376. The molecule has 2 rings (SSSR count). The number of aromatic hydroxyl groups is 1. The first-order valence-electron chi connectivity index (χ1n) is 6.80. The lowest BCUT2D eigenvalue weighted by atomic mass is 10.1. The maximum absolute atomic E-state index is 11.2. The average molecular weight is 250 g/mol. The Bertz CT molecular complexity index is 448. The van der Waals surface area contributed by atoms with Gasteiger partial charge in [0.05, 0.1) is 5.69 Å². The fourth-order valence-electron chi connectivity index (χ4n) is 2.55. The lowest BCUT2D eigenvalue weighted by molar-refractivity contribution is 0.222. The number of pyridine rings is 1. The van der Waals surface area contributed by atoms with Crippen LogP contribution in [0.1, 0.15) is 31.4 Å². The molecule has 1 saturated heterocycles. The minimum atomic E-state index is -0.292. The second-order valence-corrected chi connectivity index (χ2v) is 5.06. The molecule has 0 radical (unpaired) electrons. The zero-order valence-electron chi connectivity index (χ0n) is 11.1. The maximum atomic E-state index is 11.2. The number of hydrogen-bond donors (Lipinski definition) is 1. The Morgan fingerprint density at radius 1 is 1.22 bits per heavy atom. The van der Waals surface area contributed by atoms with E-state index in [0.29, 0.717) is 5.69 Å². The maximum Gasteiger partial charge on any atom is 0.223 e. The number of rotatable bonds is 4. The summed E-state index contributed by atoms with van der Waals surface area (Å²) >= 11 is 0. The zero-order valence-corrected chi connectivity index (χ0v) is 11.1. The van der Waals surface area contributed by atoms with E-state index < -0.39 is 0 Å². The molecule has 0 spiro atoms. The molecule has 1 fully saturated rings. The van der Waals surface area contributed by atoms with Crippen LogP contribution in [-0.4, -0.2) is 34.2 Å². The predicted octanol–water partition coefficient (Wildman–Crippen LogP) is 1.74. The van der Waals surface area contributed by atoms with Crippen molar-refractivity contribution >= 4 is 0 Å². The van der Waals surface area contributed by atoms with Crippen molar-refractivity contribution in [2.24, 2.45) is 0 Å². The molecular formula is C14H22N2O2. The third-order valence-electron chi connectivity index (χ3n) is 3.73. The van der Waals surface area contributed by atoms with E-state index in [1.165, 1.54) is 38.4 Å². The second-order valence-electron chi connectivity index (χ2n) is 5.06. The minimum absolute atomic E-state index is 0.115. The van der Waals surface area contributed by atoms with Crippen molar-refractivity contribution in [3.05, 3.63) is 28.2 Å². The summed E-state index contributed by atoms with van der Waals surface area (Å²) in [5.74, 6) is -0.115. The van der Waals surface area contributed by atoms with E-state index in [0.717, 1.165) is 19.5 Å². The van der Waals surface area contributed by atoms with Gasteiger partial charge in [-0.2, -0.15) is 0 Å². The van der Waals surface area contributed by atoms with Crippen LogP contribution in [0.25, 0.3) is 0 Å². The van der Waals surface area contributed by atoms with Crippen molar-refractivity contribution in [1.29, 1.82) is 0 Å². The van der Waals surface area contributed by atoms with Crippen LogP contribution in [0.4, 0.5) is 0 Å². The largest absolute Gasteiger partial charge is 0.503 e. The van der Waals surface area contributed by atoms with E-state index in [2.05, 4.69) is 4.90 Å². The Hall–Kier alpha value is -1.29. The molecule has 0 saturated carbocycles. The van der Waals surface area contributed by atoms with Gasteiger partial charge in [0.25, 0.3) is 0 Å². The lowest BCUT2D eigenvalue weighted by Gasteiger charge is -2.26. The molecule has 0 atom stereocenters. The van der Waals surface area contributed by atoms with E-state index in [-0.39, 0.29) is 11.2 Å². The highest BCUT2D eigenvalue weighted by Gasteiger charge is 2.10. The molecule has 0 bridgehead atoms. The molecule has 0 unspecified atom stereocenters. The van der Waals surface area contributed by atoms with Crippen LogP contribution in [0, 0.1) is 6.92 Å². The number of aryl methyl sites for hydroxylation is 1. The van der Waals surface area contributed by atoms with E-state index in [9.17, 15) is 9.90 Å². The summed E-state index contributed by atoms with van der Waals surface area (Å²) in [6.07, 6.45) is 6.83. The number of hydrogen-bond acceptors (Lipinski definition) is 3.